The van der Waals surface area contributed by atoms with Crippen LogP contribution in [0.5, 0.6) is 0 Å². The smallest absolute Gasteiger partial charge is 0.0586 e. The quantitative estimate of drug-likeness (QED) is 0.165. The highest BCUT2D eigenvalue weighted by molar-refractivity contribution is 6.11. The second-order valence-corrected chi connectivity index (χ2v) is 16.6. The van der Waals surface area contributed by atoms with Gasteiger partial charge in [0.25, 0.3) is 0 Å². The van der Waals surface area contributed by atoms with E-state index in [9.17, 15) is 0 Å². The summed E-state index contributed by atoms with van der Waals surface area (Å²) in [7, 11) is 0. The number of fused-ring (bicyclic) bond motifs is 7. The van der Waals surface area contributed by atoms with Crippen LogP contribution in [0.25, 0.3) is 66.1 Å². The molecule has 2 aliphatic carbocycles. The topological polar surface area (TPSA) is 8.17 Å². The molecule has 0 aliphatic heterocycles. The van der Waals surface area contributed by atoms with E-state index < -0.39 is 0 Å². The Hall–Kier alpha value is -6.90. The maximum absolute atomic E-state index is 2.52. The van der Waals surface area contributed by atoms with Gasteiger partial charge >= 0.3 is 0 Å². The van der Waals surface area contributed by atoms with E-state index in [0.717, 1.165) is 0 Å². The molecule has 11 rings (SSSR count). The fraction of sp³-hybridized carbons (Fsp3) is 0.107. The van der Waals surface area contributed by atoms with Crippen LogP contribution >= 0.6 is 0 Å². The summed E-state index contributed by atoms with van der Waals surface area (Å²) in [6.45, 7) is 7.07. The van der Waals surface area contributed by atoms with E-state index in [1.165, 1.54) is 94.2 Å². The highest BCUT2D eigenvalue weighted by Gasteiger charge is 2.35. The van der Waals surface area contributed by atoms with Gasteiger partial charge in [-0.2, -0.15) is 0 Å². The van der Waals surface area contributed by atoms with Gasteiger partial charge in [0.1, 0.15) is 0 Å². The molecule has 0 fully saturated rings. The third-order valence-corrected chi connectivity index (χ3v) is 12.8. The molecule has 2 nitrogen and oxygen atoms in total. The number of hydrogen-bond donors (Lipinski definition) is 0. The van der Waals surface area contributed by atoms with Crippen molar-refractivity contribution in [3.05, 3.63) is 217 Å². The average Bonchev–Trinajstić information content (AvgIpc) is 3.72. The molecule has 278 valence electrons. The Balaban J connectivity index is 0.999. The molecule has 1 heterocycles. The van der Waals surface area contributed by atoms with Gasteiger partial charge in [-0.1, -0.05) is 166 Å². The molecule has 9 aromatic rings. The third-order valence-electron chi connectivity index (χ3n) is 12.8. The first-order chi connectivity index (χ1) is 28.4. The van der Waals surface area contributed by atoms with Gasteiger partial charge in [-0.15, -0.1) is 0 Å². The summed E-state index contributed by atoms with van der Waals surface area (Å²) < 4.78 is 2.44. The van der Waals surface area contributed by atoms with Crippen molar-refractivity contribution < 1.29 is 0 Å². The number of allylic oxidation sites excluding steroid dienone is 2. The Morgan fingerprint density at radius 2 is 1.21 bits per heavy atom. The minimum Gasteiger partial charge on any atom is -0.333 e. The van der Waals surface area contributed by atoms with Crippen molar-refractivity contribution >= 4 is 49.5 Å². The molecule has 2 aliphatic rings. The Kier molecular flexibility index (Phi) is 7.91. The van der Waals surface area contributed by atoms with Gasteiger partial charge in [-0.3, -0.25) is 0 Å². The molecule has 2 heteroatoms. The van der Waals surface area contributed by atoms with Gasteiger partial charge in [0.15, 0.2) is 0 Å². The normalized spacial score (nSPS) is 16.7. The SMILES string of the molecule is CC1C=C(c2ccc3c4cc(-c5ccc6c(c5)C(C)(C)c5ccccc5-6)ccc4n(-c4ccccc4)c3c2)C=CC1N(c1ccccc1)c1cccc2ccccc12. The summed E-state index contributed by atoms with van der Waals surface area (Å²) in [5.41, 5.74) is 16.5. The first kappa shape index (κ1) is 34.4. The van der Waals surface area contributed by atoms with Crippen molar-refractivity contribution in [2.75, 3.05) is 4.90 Å². The lowest BCUT2D eigenvalue weighted by Gasteiger charge is -2.37. The van der Waals surface area contributed by atoms with E-state index in [2.05, 4.69) is 230 Å². The lowest BCUT2D eigenvalue weighted by Crippen LogP contribution is -2.35. The fourth-order valence-electron chi connectivity index (χ4n) is 9.93. The molecular formula is C56H44N2. The second-order valence-electron chi connectivity index (χ2n) is 16.6. The number of hydrogen-bond acceptors (Lipinski definition) is 1. The zero-order valence-electron chi connectivity index (χ0n) is 33.1. The van der Waals surface area contributed by atoms with Crippen molar-refractivity contribution in [3.8, 4) is 27.9 Å². The summed E-state index contributed by atoms with van der Waals surface area (Å²) in [6.07, 6.45) is 7.22. The molecular weight excluding hydrogens is 701 g/mol. The molecule has 8 aromatic carbocycles. The molecule has 0 radical (unpaired) electrons. The summed E-state index contributed by atoms with van der Waals surface area (Å²) in [5, 5.41) is 5.04. The Labute approximate surface area is 340 Å². The Bertz CT molecular complexity index is 3100. The first-order valence-electron chi connectivity index (χ1n) is 20.5. The van der Waals surface area contributed by atoms with Crippen LogP contribution in [0.3, 0.4) is 0 Å². The number of benzene rings is 8. The largest absolute Gasteiger partial charge is 0.333 e. The molecule has 0 saturated carbocycles. The molecule has 0 N–H and O–H groups in total. The van der Waals surface area contributed by atoms with Gasteiger partial charge in [-0.05, 0) is 110 Å². The van der Waals surface area contributed by atoms with Crippen molar-refractivity contribution in [2.45, 2.75) is 32.2 Å². The minimum absolute atomic E-state index is 0.0404. The van der Waals surface area contributed by atoms with Crippen LogP contribution in [0, 0.1) is 5.92 Å². The number of rotatable bonds is 6. The van der Waals surface area contributed by atoms with Crippen molar-refractivity contribution in [2.24, 2.45) is 5.92 Å². The molecule has 0 amide bonds. The van der Waals surface area contributed by atoms with Crippen LogP contribution in [-0.4, -0.2) is 10.6 Å². The number of para-hydroxylation sites is 2. The van der Waals surface area contributed by atoms with E-state index in [-0.39, 0.29) is 17.4 Å². The maximum atomic E-state index is 2.52. The van der Waals surface area contributed by atoms with Crippen LogP contribution < -0.4 is 4.90 Å². The van der Waals surface area contributed by atoms with Crippen LogP contribution in [0.4, 0.5) is 11.4 Å². The van der Waals surface area contributed by atoms with E-state index >= 15 is 0 Å². The fourth-order valence-corrected chi connectivity index (χ4v) is 9.93. The van der Waals surface area contributed by atoms with E-state index in [1.807, 2.05) is 0 Å². The number of aromatic nitrogens is 1. The summed E-state index contributed by atoms with van der Waals surface area (Å²) in [4.78, 5) is 2.52. The molecule has 58 heavy (non-hydrogen) atoms. The lowest BCUT2D eigenvalue weighted by atomic mass is 9.81. The third kappa shape index (κ3) is 5.40. The standard InChI is InChI=1S/C56H44N2/c1-37-33-39(27-31-52(37)57(43-17-6-4-7-18-43)53-24-14-16-38-15-10-11-21-45(38)53)42-26-30-48-49-34-40(28-32-54(49)58(55(48)36-42)44-19-8-5-9-20-44)41-25-29-47-46-22-12-13-23-50(46)56(2,3)51(47)35-41/h4-37,52H,1-3H3. The number of nitrogens with zero attached hydrogens (tertiary/aromatic N) is 2. The van der Waals surface area contributed by atoms with Crippen LogP contribution in [0.15, 0.2) is 200 Å². The number of anilines is 2. The molecule has 2 unspecified atom stereocenters. The zero-order valence-corrected chi connectivity index (χ0v) is 33.1. The van der Waals surface area contributed by atoms with E-state index in [0.29, 0.717) is 0 Å². The van der Waals surface area contributed by atoms with Crippen LogP contribution in [0.1, 0.15) is 37.5 Å². The first-order valence-corrected chi connectivity index (χ1v) is 20.5. The lowest BCUT2D eigenvalue weighted by molar-refractivity contribution is 0.612. The van der Waals surface area contributed by atoms with Crippen LogP contribution in [0.2, 0.25) is 0 Å². The Morgan fingerprint density at radius 1 is 0.517 bits per heavy atom. The monoisotopic (exact) mass is 744 g/mol. The molecule has 0 bridgehead atoms. The second kappa shape index (κ2) is 13.4. The van der Waals surface area contributed by atoms with Gasteiger partial charge in [0, 0.05) is 38.6 Å². The Morgan fingerprint density at radius 3 is 2.05 bits per heavy atom. The van der Waals surface area contributed by atoms with Crippen molar-refractivity contribution in [1.82, 2.24) is 4.57 Å². The van der Waals surface area contributed by atoms with E-state index in [1.54, 1.807) is 0 Å². The predicted octanol–water partition coefficient (Wildman–Crippen LogP) is 14.7. The highest BCUT2D eigenvalue weighted by Crippen LogP contribution is 2.50. The summed E-state index contributed by atoms with van der Waals surface area (Å²) >= 11 is 0. The molecule has 0 spiro atoms. The van der Waals surface area contributed by atoms with Gasteiger partial charge < -0.3 is 9.47 Å². The predicted molar refractivity (Wildman–Crippen MR) is 246 cm³/mol. The maximum Gasteiger partial charge on any atom is 0.0586 e. The molecule has 2 atom stereocenters. The zero-order chi connectivity index (χ0) is 39.0. The van der Waals surface area contributed by atoms with E-state index in [4.69, 9.17) is 0 Å². The summed E-state index contributed by atoms with van der Waals surface area (Å²) in [6, 6.07) is 67.2. The van der Waals surface area contributed by atoms with Gasteiger partial charge in [-0.25, -0.2) is 0 Å². The highest BCUT2D eigenvalue weighted by atomic mass is 15.2. The van der Waals surface area contributed by atoms with Gasteiger partial charge in [0.2, 0.25) is 0 Å². The van der Waals surface area contributed by atoms with Gasteiger partial charge in [0.05, 0.1) is 17.1 Å². The minimum atomic E-state index is -0.0404. The summed E-state index contributed by atoms with van der Waals surface area (Å²) in [5.74, 6) is 0.252. The van der Waals surface area contributed by atoms with Crippen molar-refractivity contribution in [1.29, 1.82) is 0 Å². The molecule has 1 aromatic heterocycles. The van der Waals surface area contributed by atoms with Crippen LogP contribution in [-0.2, 0) is 5.41 Å². The average molecular weight is 745 g/mol. The molecule has 0 saturated heterocycles. The van der Waals surface area contributed by atoms with Crippen molar-refractivity contribution in [3.63, 3.8) is 0 Å².